The summed E-state index contributed by atoms with van der Waals surface area (Å²) in [4.78, 5) is 2.84. The highest BCUT2D eigenvalue weighted by Gasteiger charge is 2.03. The lowest BCUT2D eigenvalue weighted by Crippen LogP contribution is -1.92. The van der Waals surface area contributed by atoms with Crippen molar-refractivity contribution in [1.29, 1.82) is 0 Å². The molecule has 2 heteroatoms. The van der Waals surface area contributed by atoms with E-state index in [2.05, 4.69) is 43.3 Å². The largest absolute Gasteiger partial charge is 0.490 e. The fourth-order valence-electron chi connectivity index (χ4n) is 2.50. The molecule has 0 bridgehead atoms. The first kappa shape index (κ1) is 18.5. The summed E-state index contributed by atoms with van der Waals surface area (Å²) < 4.78 is 5.71. The minimum Gasteiger partial charge on any atom is -0.490 e. The first-order valence-electron chi connectivity index (χ1n) is 8.93. The van der Waals surface area contributed by atoms with Gasteiger partial charge in [-0.2, -0.15) is 0 Å². The molecule has 24 heavy (non-hydrogen) atoms. The van der Waals surface area contributed by atoms with Gasteiger partial charge in [0.2, 0.25) is 0 Å². The van der Waals surface area contributed by atoms with Gasteiger partial charge in [-0.3, -0.25) is 0 Å². The first-order chi connectivity index (χ1) is 11.8. The van der Waals surface area contributed by atoms with Crippen LogP contribution < -0.4 is 4.74 Å². The molecular weight excluding hydrogens is 312 g/mol. The van der Waals surface area contributed by atoms with Crippen molar-refractivity contribution >= 4 is 11.3 Å². The number of benzene rings is 1. The summed E-state index contributed by atoms with van der Waals surface area (Å²) in [6.07, 6.45) is 14.5. The zero-order chi connectivity index (χ0) is 17.0. The molecule has 0 atom stereocenters. The highest BCUT2D eigenvalue weighted by atomic mass is 32.1. The second kappa shape index (κ2) is 10.9. The number of aryl methyl sites for hydroxylation is 1. The Morgan fingerprint density at radius 3 is 2.54 bits per heavy atom. The lowest BCUT2D eigenvalue weighted by atomic mass is 10.1. The highest BCUT2D eigenvalue weighted by molar-refractivity contribution is 7.15. The van der Waals surface area contributed by atoms with Crippen molar-refractivity contribution in [3.8, 4) is 16.2 Å². The molecule has 0 fully saturated rings. The Hall–Kier alpha value is -1.80. The van der Waals surface area contributed by atoms with Crippen LogP contribution in [0.25, 0.3) is 10.4 Å². The maximum absolute atomic E-state index is 5.71. The molecule has 0 radical (unpaired) electrons. The Labute approximate surface area is 150 Å². The molecular formula is C22H28OS. The summed E-state index contributed by atoms with van der Waals surface area (Å²) in [5, 5.41) is 0. The molecule has 0 saturated carbocycles. The number of allylic oxidation sites excluding steroid dienone is 3. The van der Waals surface area contributed by atoms with Gasteiger partial charge >= 0.3 is 0 Å². The summed E-state index contributed by atoms with van der Waals surface area (Å²) in [6.45, 7) is 4.87. The smallest absolute Gasteiger partial charge is 0.119 e. The Morgan fingerprint density at radius 2 is 1.79 bits per heavy atom. The van der Waals surface area contributed by atoms with Crippen LogP contribution in [0.15, 0.2) is 60.7 Å². The molecule has 1 heterocycles. The van der Waals surface area contributed by atoms with Crippen LogP contribution in [-0.4, -0.2) is 6.61 Å². The van der Waals surface area contributed by atoms with E-state index in [9.17, 15) is 0 Å². The van der Waals surface area contributed by atoms with Gasteiger partial charge < -0.3 is 4.74 Å². The summed E-state index contributed by atoms with van der Waals surface area (Å²) in [5.41, 5.74) is 1.27. The number of hydrogen-bond donors (Lipinski definition) is 0. The van der Waals surface area contributed by atoms with Gasteiger partial charge in [0.15, 0.2) is 0 Å². The lowest BCUT2D eigenvalue weighted by molar-refractivity contribution is 0.363. The Bertz CT molecular complexity index is 634. The van der Waals surface area contributed by atoms with Crippen molar-refractivity contribution in [1.82, 2.24) is 0 Å². The van der Waals surface area contributed by atoms with E-state index in [1.54, 1.807) is 0 Å². The van der Waals surface area contributed by atoms with Gasteiger partial charge in [0.25, 0.3) is 0 Å². The molecule has 0 aliphatic rings. The Balaban J connectivity index is 1.85. The Kier molecular flexibility index (Phi) is 8.40. The van der Waals surface area contributed by atoms with E-state index >= 15 is 0 Å². The fraction of sp³-hybridized carbons (Fsp3) is 0.364. The minimum atomic E-state index is 0.602. The average molecular weight is 341 g/mol. The zero-order valence-corrected chi connectivity index (χ0v) is 15.6. The van der Waals surface area contributed by atoms with E-state index in [1.165, 1.54) is 47.4 Å². The monoisotopic (exact) mass is 340 g/mol. The first-order valence-corrected chi connectivity index (χ1v) is 9.75. The molecule has 2 rings (SSSR count). The quantitative estimate of drug-likeness (QED) is 0.332. The third kappa shape index (κ3) is 6.37. The number of hydrogen-bond acceptors (Lipinski definition) is 2. The van der Waals surface area contributed by atoms with Gasteiger partial charge in [-0.1, -0.05) is 44.4 Å². The van der Waals surface area contributed by atoms with Crippen LogP contribution in [0.4, 0.5) is 0 Å². The molecule has 1 aromatic heterocycles. The van der Waals surface area contributed by atoms with Crippen molar-refractivity contribution in [2.45, 2.75) is 46.0 Å². The molecule has 0 N–H and O–H groups in total. The molecule has 128 valence electrons. The topological polar surface area (TPSA) is 9.23 Å². The Morgan fingerprint density at radius 1 is 0.958 bits per heavy atom. The van der Waals surface area contributed by atoms with Crippen molar-refractivity contribution in [3.63, 3.8) is 0 Å². The van der Waals surface area contributed by atoms with Crippen LogP contribution in [0.1, 0.15) is 44.4 Å². The third-order valence-electron chi connectivity index (χ3n) is 3.86. The maximum atomic E-state index is 5.71. The molecule has 0 spiro atoms. The normalized spacial score (nSPS) is 11.6. The van der Waals surface area contributed by atoms with Crippen LogP contribution in [0.5, 0.6) is 5.75 Å². The standard InChI is InChI=1S/C22H28OS/c1-3-5-7-9-11-21-16-17-22(24-21)19-12-14-20(15-13-19)23-18-10-8-6-4-2/h4,6,8,10,12-17H,3,5,7,9,11,18H2,1-2H3/b6-4+,10-8+. The van der Waals surface area contributed by atoms with Gasteiger partial charge in [-0.15, -0.1) is 11.3 Å². The van der Waals surface area contributed by atoms with Gasteiger partial charge in [0, 0.05) is 9.75 Å². The van der Waals surface area contributed by atoms with Gasteiger partial charge in [0.1, 0.15) is 12.4 Å². The summed E-state index contributed by atoms with van der Waals surface area (Å²) in [5.74, 6) is 0.917. The predicted molar refractivity (Wildman–Crippen MR) is 107 cm³/mol. The van der Waals surface area contributed by atoms with Gasteiger partial charge in [-0.05, 0) is 67.8 Å². The van der Waals surface area contributed by atoms with Crippen LogP contribution in [-0.2, 0) is 6.42 Å². The van der Waals surface area contributed by atoms with Crippen molar-refractivity contribution < 1.29 is 4.74 Å². The molecule has 2 aromatic rings. The molecule has 0 saturated heterocycles. The number of ether oxygens (including phenoxy) is 1. The molecule has 1 aromatic carbocycles. The minimum absolute atomic E-state index is 0.602. The van der Waals surface area contributed by atoms with E-state index < -0.39 is 0 Å². The van der Waals surface area contributed by atoms with Gasteiger partial charge in [0.05, 0.1) is 0 Å². The van der Waals surface area contributed by atoms with E-state index in [-0.39, 0.29) is 0 Å². The average Bonchev–Trinajstić information content (AvgIpc) is 3.08. The van der Waals surface area contributed by atoms with E-state index in [4.69, 9.17) is 4.74 Å². The van der Waals surface area contributed by atoms with Crippen LogP contribution >= 0.6 is 11.3 Å². The number of unbranched alkanes of at least 4 members (excludes halogenated alkanes) is 3. The van der Waals surface area contributed by atoms with E-state index in [0.29, 0.717) is 6.61 Å². The zero-order valence-electron chi connectivity index (χ0n) is 14.8. The van der Waals surface area contributed by atoms with E-state index in [0.717, 1.165) is 5.75 Å². The van der Waals surface area contributed by atoms with Gasteiger partial charge in [-0.25, -0.2) is 0 Å². The van der Waals surface area contributed by atoms with Crippen molar-refractivity contribution in [2.75, 3.05) is 6.61 Å². The summed E-state index contributed by atoms with van der Waals surface area (Å²) >= 11 is 1.92. The molecule has 1 nitrogen and oxygen atoms in total. The van der Waals surface area contributed by atoms with Crippen LogP contribution in [0, 0.1) is 0 Å². The number of rotatable bonds is 10. The molecule has 0 unspecified atom stereocenters. The SMILES string of the molecule is C/C=C/C=C/COc1ccc(-c2ccc(CCCCCC)s2)cc1. The second-order valence-corrected chi connectivity index (χ2v) is 7.03. The molecule has 0 aliphatic heterocycles. The van der Waals surface area contributed by atoms with Crippen LogP contribution in [0.3, 0.4) is 0 Å². The van der Waals surface area contributed by atoms with E-state index in [1.807, 2.05) is 42.6 Å². The molecule has 0 amide bonds. The summed E-state index contributed by atoms with van der Waals surface area (Å²) in [7, 11) is 0. The maximum Gasteiger partial charge on any atom is 0.119 e. The van der Waals surface area contributed by atoms with Crippen LogP contribution in [0.2, 0.25) is 0 Å². The predicted octanol–water partition coefficient (Wildman–Crippen LogP) is 7.05. The van der Waals surface area contributed by atoms with Crippen molar-refractivity contribution in [3.05, 3.63) is 65.6 Å². The third-order valence-corrected chi connectivity index (χ3v) is 5.06. The summed E-state index contributed by atoms with van der Waals surface area (Å²) in [6, 6.07) is 12.9. The molecule has 0 aliphatic carbocycles. The lowest BCUT2D eigenvalue weighted by Gasteiger charge is -2.04. The number of thiophene rings is 1. The highest BCUT2D eigenvalue weighted by Crippen LogP contribution is 2.30. The second-order valence-electron chi connectivity index (χ2n) is 5.87. The fourth-order valence-corrected chi connectivity index (χ4v) is 3.55. The van der Waals surface area contributed by atoms with Crippen molar-refractivity contribution in [2.24, 2.45) is 0 Å².